The molecule has 3 aromatic rings. The van der Waals surface area contributed by atoms with Crippen molar-refractivity contribution in [2.45, 2.75) is 38.7 Å². The van der Waals surface area contributed by atoms with Gasteiger partial charge >= 0.3 is 6.09 Å². The van der Waals surface area contributed by atoms with E-state index in [0.717, 1.165) is 36.4 Å². The van der Waals surface area contributed by atoms with Gasteiger partial charge in [-0.2, -0.15) is 10.4 Å². The number of hydrogen-bond acceptors (Lipinski definition) is 7. The number of nitrogens with zero attached hydrogens (tertiary/aromatic N) is 4. The summed E-state index contributed by atoms with van der Waals surface area (Å²) in [7, 11) is 0. The van der Waals surface area contributed by atoms with Crippen LogP contribution < -0.4 is 15.4 Å². The molecule has 0 saturated carbocycles. The monoisotopic (exact) mass is 526 g/mol. The third-order valence-corrected chi connectivity index (χ3v) is 6.74. The van der Waals surface area contributed by atoms with E-state index in [-0.39, 0.29) is 18.6 Å². The molecule has 1 aliphatic carbocycles. The van der Waals surface area contributed by atoms with Gasteiger partial charge in [0.05, 0.1) is 41.5 Å². The number of allylic oxidation sites excluding steroid dienone is 2. The average Bonchev–Trinajstić information content (AvgIpc) is 3.50. The van der Waals surface area contributed by atoms with Gasteiger partial charge in [0.25, 0.3) is 0 Å². The van der Waals surface area contributed by atoms with Crippen molar-refractivity contribution < 1.29 is 19.1 Å². The van der Waals surface area contributed by atoms with Crippen molar-refractivity contribution >= 4 is 34.6 Å². The van der Waals surface area contributed by atoms with Crippen LogP contribution in [0.5, 0.6) is 5.75 Å². The van der Waals surface area contributed by atoms with Gasteiger partial charge in [0, 0.05) is 37.2 Å². The molecule has 10 heteroatoms. The van der Waals surface area contributed by atoms with E-state index in [4.69, 9.17) is 9.47 Å². The smallest absolute Gasteiger partial charge is 0.411 e. The number of aromatic nitrogens is 2. The number of nitrogens with one attached hydrogen (secondary N) is 2. The number of nitriles is 1. The molecule has 2 N–H and O–H groups in total. The van der Waals surface area contributed by atoms with Crippen LogP contribution in [0.2, 0.25) is 0 Å². The minimum absolute atomic E-state index is 0.00841. The zero-order valence-electron chi connectivity index (χ0n) is 21.7. The van der Waals surface area contributed by atoms with Crippen LogP contribution in [0.1, 0.15) is 36.8 Å². The number of carbonyl (C=O) groups excluding carboxylic acids is 2. The van der Waals surface area contributed by atoms with E-state index in [0.29, 0.717) is 41.8 Å². The van der Waals surface area contributed by atoms with Gasteiger partial charge in [-0.15, -0.1) is 0 Å². The molecule has 2 aromatic heterocycles. The Balaban J connectivity index is 1.25. The Labute approximate surface area is 226 Å². The summed E-state index contributed by atoms with van der Waals surface area (Å²) in [6.07, 6.45) is 13.5. The lowest BCUT2D eigenvalue weighted by molar-refractivity contribution is -0.127. The van der Waals surface area contributed by atoms with E-state index in [1.165, 1.54) is 6.20 Å². The number of carbonyl (C=O) groups is 2. The Morgan fingerprint density at radius 3 is 2.82 bits per heavy atom. The fourth-order valence-corrected chi connectivity index (χ4v) is 4.71. The van der Waals surface area contributed by atoms with Crippen LogP contribution in [0.4, 0.5) is 21.9 Å². The summed E-state index contributed by atoms with van der Waals surface area (Å²) >= 11 is 0. The number of rotatable bonds is 9. The topological polar surface area (TPSA) is 121 Å². The number of benzene rings is 1. The second kappa shape index (κ2) is 11.7. The number of hydrogen-bond donors (Lipinski definition) is 2. The van der Waals surface area contributed by atoms with Crippen molar-refractivity contribution in [3.8, 4) is 11.8 Å². The van der Waals surface area contributed by atoms with Gasteiger partial charge in [0.1, 0.15) is 17.9 Å². The van der Waals surface area contributed by atoms with E-state index >= 15 is 0 Å². The first-order valence-corrected chi connectivity index (χ1v) is 13.0. The summed E-state index contributed by atoms with van der Waals surface area (Å²) in [5.41, 5.74) is 3.65. The molecule has 200 valence electrons. The van der Waals surface area contributed by atoms with Crippen molar-refractivity contribution in [2.24, 2.45) is 0 Å². The van der Waals surface area contributed by atoms with E-state index in [1.807, 2.05) is 49.4 Å². The van der Waals surface area contributed by atoms with Crippen LogP contribution in [-0.4, -0.2) is 52.3 Å². The van der Waals surface area contributed by atoms with Crippen molar-refractivity contribution in [1.29, 1.82) is 5.26 Å². The average molecular weight is 527 g/mol. The number of anilines is 3. The van der Waals surface area contributed by atoms with Gasteiger partial charge in [0.2, 0.25) is 5.91 Å². The Morgan fingerprint density at radius 2 is 2.10 bits per heavy atom. The Hall–Kier alpha value is -4.78. The Morgan fingerprint density at radius 1 is 1.26 bits per heavy atom. The number of fused-ring (bicyclic) bond motifs is 1. The third kappa shape index (κ3) is 6.04. The molecular weight excluding hydrogens is 496 g/mol. The van der Waals surface area contributed by atoms with Gasteiger partial charge in [-0.25, -0.2) is 9.31 Å². The lowest BCUT2D eigenvalue weighted by atomic mass is 10.1. The van der Waals surface area contributed by atoms with Crippen molar-refractivity contribution in [3.63, 3.8) is 0 Å². The van der Waals surface area contributed by atoms with Crippen molar-refractivity contribution in [2.75, 3.05) is 30.3 Å². The molecule has 2 aliphatic rings. The zero-order valence-corrected chi connectivity index (χ0v) is 21.7. The molecule has 1 fully saturated rings. The fraction of sp³-hybridized carbons (Fsp3) is 0.310. The molecule has 1 unspecified atom stereocenters. The highest BCUT2D eigenvalue weighted by Gasteiger charge is 2.20. The van der Waals surface area contributed by atoms with Crippen LogP contribution >= 0.6 is 0 Å². The quantitative estimate of drug-likeness (QED) is 0.373. The van der Waals surface area contributed by atoms with Crippen molar-refractivity contribution in [3.05, 3.63) is 72.1 Å². The zero-order chi connectivity index (χ0) is 27.2. The molecule has 1 atom stereocenters. The highest BCUT2D eigenvalue weighted by molar-refractivity contribution is 5.92. The largest absolute Gasteiger partial charge is 0.486 e. The summed E-state index contributed by atoms with van der Waals surface area (Å²) < 4.78 is 12.9. The van der Waals surface area contributed by atoms with Crippen LogP contribution in [0.25, 0.3) is 5.52 Å². The summed E-state index contributed by atoms with van der Waals surface area (Å²) in [5.74, 6) is 0.907. The van der Waals surface area contributed by atoms with Crippen LogP contribution in [0, 0.1) is 18.3 Å². The maximum Gasteiger partial charge on any atom is 0.411 e. The van der Waals surface area contributed by atoms with E-state index in [2.05, 4.69) is 27.9 Å². The predicted molar refractivity (Wildman–Crippen MR) is 147 cm³/mol. The number of likely N-dealkylation sites (tertiary alicyclic amines) is 1. The van der Waals surface area contributed by atoms with E-state index < -0.39 is 6.09 Å². The van der Waals surface area contributed by atoms with Crippen LogP contribution in [0.3, 0.4) is 0 Å². The SMILES string of the molecule is Cc1c(NC(=O)OCCCN2CCCC2=O)cn2ncc(C#N)c(Nc3ccc(OC4C=CC=CC4)cc3)c12. The Kier molecular flexibility index (Phi) is 7.78. The molecule has 1 saturated heterocycles. The van der Waals surface area contributed by atoms with Gasteiger partial charge in [0.15, 0.2) is 0 Å². The molecule has 1 aliphatic heterocycles. The van der Waals surface area contributed by atoms with Gasteiger partial charge in [-0.3, -0.25) is 10.1 Å². The van der Waals surface area contributed by atoms with Crippen LogP contribution in [0.15, 0.2) is 61.0 Å². The second-order valence-electron chi connectivity index (χ2n) is 9.46. The lowest BCUT2D eigenvalue weighted by Gasteiger charge is -2.16. The minimum Gasteiger partial charge on any atom is -0.486 e. The summed E-state index contributed by atoms with van der Waals surface area (Å²) in [5, 5.41) is 20.2. The molecule has 39 heavy (non-hydrogen) atoms. The summed E-state index contributed by atoms with van der Waals surface area (Å²) in [6.45, 7) is 3.41. The van der Waals surface area contributed by atoms with Crippen LogP contribution in [-0.2, 0) is 9.53 Å². The molecule has 0 radical (unpaired) electrons. The fourth-order valence-electron chi connectivity index (χ4n) is 4.71. The molecule has 0 bridgehead atoms. The first kappa shape index (κ1) is 25.9. The molecular formula is C29H30N6O4. The highest BCUT2D eigenvalue weighted by atomic mass is 16.5. The summed E-state index contributed by atoms with van der Waals surface area (Å²) in [4.78, 5) is 25.9. The third-order valence-electron chi connectivity index (χ3n) is 6.74. The lowest BCUT2D eigenvalue weighted by Crippen LogP contribution is -2.27. The van der Waals surface area contributed by atoms with Crippen molar-refractivity contribution in [1.82, 2.24) is 14.5 Å². The first-order chi connectivity index (χ1) is 19.0. The van der Waals surface area contributed by atoms with E-state index in [1.54, 1.807) is 15.6 Å². The predicted octanol–water partition coefficient (Wildman–Crippen LogP) is 5.08. The highest BCUT2D eigenvalue weighted by Crippen LogP contribution is 2.33. The first-order valence-electron chi connectivity index (χ1n) is 13.0. The molecule has 1 aromatic carbocycles. The minimum atomic E-state index is -0.587. The molecule has 0 spiro atoms. The number of aryl methyl sites for hydroxylation is 1. The Bertz CT molecular complexity index is 1470. The molecule has 3 heterocycles. The number of ether oxygens (including phenoxy) is 2. The number of amides is 2. The van der Waals surface area contributed by atoms with Gasteiger partial charge in [-0.1, -0.05) is 18.2 Å². The molecule has 5 rings (SSSR count). The summed E-state index contributed by atoms with van der Waals surface area (Å²) in [6, 6.07) is 9.74. The van der Waals surface area contributed by atoms with Gasteiger partial charge < -0.3 is 19.7 Å². The maximum atomic E-state index is 12.4. The normalized spacial score (nSPS) is 16.4. The molecule has 10 nitrogen and oxygen atoms in total. The standard InChI is InChI=1S/C29H30N6O4/c1-20-25(33-29(37)38-16-6-15-34-14-5-9-26(34)36)19-35-28(20)27(21(17-30)18-31-35)32-22-10-12-24(13-11-22)39-23-7-3-2-4-8-23/h2-4,7,10-13,18-19,23,32H,5-6,8-9,14-16H2,1H3,(H,33,37). The second-order valence-corrected chi connectivity index (χ2v) is 9.46. The maximum absolute atomic E-state index is 12.4. The van der Waals surface area contributed by atoms with Gasteiger partial charge in [-0.05, 0) is 50.1 Å². The molecule has 2 amide bonds. The van der Waals surface area contributed by atoms with E-state index in [9.17, 15) is 14.9 Å².